The van der Waals surface area contributed by atoms with Gasteiger partial charge in [-0.3, -0.25) is 4.72 Å². The highest BCUT2D eigenvalue weighted by Gasteiger charge is 2.14. The summed E-state index contributed by atoms with van der Waals surface area (Å²) in [6.45, 7) is 4.09. The van der Waals surface area contributed by atoms with Crippen LogP contribution >= 0.6 is 0 Å². The van der Waals surface area contributed by atoms with Crippen LogP contribution in [0.2, 0.25) is 0 Å². The molecule has 2 N–H and O–H groups in total. The third-order valence-corrected chi connectivity index (χ3v) is 4.54. The first kappa shape index (κ1) is 16.2. The molecule has 0 saturated heterocycles. The number of halogens is 1. The van der Waals surface area contributed by atoms with Crippen molar-refractivity contribution in [2.75, 3.05) is 10.0 Å². The Kier molecular flexibility index (Phi) is 4.97. The zero-order chi connectivity index (χ0) is 16.2. The monoisotopic (exact) mass is 323 g/mol. The van der Waals surface area contributed by atoms with E-state index in [1.54, 1.807) is 12.1 Å². The van der Waals surface area contributed by atoms with Crippen molar-refractivity contribution < 1.29 is 12.8 Å². The number of rotatable bonds is 6. The largest absolute Gasteiger partial charge is 0.368 e. The fourth-order valence-electron chi connectivity index (χ4n) is 1.72. The van der Waals surface area contributed by atoms with E-state index in [2.05, 4.69) is 21.9 Å². The van der Waals surface area contributed by atoms with Crippen LogP contribution in [0.3, 0.4) is 0 Å². The minimum absolute atomic E-state index is 0.00398. The van der Waals surface area contributed by atoms with Gasteiger partial charge in [0, 0.05) is 6.04 Å². The number of hydrogen-bond acceptors (Lipinski definition) is 4. The standard InChI is InChI=1S/C15H18FN3O2S/c1-3-11(2)18-15-9-6-13(10-17-15)19-22(20,21)14-7-4-12(16)5-8-14/h4-11,19H,3H2,1-2H3,(H,17,18). The molecule has 2 rings (SSSR count). The van der Waals surface area contributed by atoms with Gasteiger partial charge in [-0.15, -0.1) is 0 Å². The molecule has 1 aromatic carbocycles. The number of anilines is 2. The second-order valence-electron chi connectivity index (χ2n) is 4.95. The van der Waals surface area contributed by atoms with Crippen LogP contribution in [0, 0.1) is 5.82 Å². The van der Waals surface area contributed by atoms with Crippen molar-refractivity contribution in [2.45, 2.75) is 31.2 Å². The summed E-state index contributed by atoms with van der Waals surface area (Å²) in [5.41, 5.74) is 0.346. The van der Waals surface area contributed by atoms with E-state index < -0.39 is 15.8 Å². The minimum atomic E-state index is -3.75. The summed E-state index contributed by atoms with van der Waals surface area (Å²) in [7, 11) is -3.75. The van der Waals surface area contributed by atoms with Gasteiger partial charge in [0.25, 0.3) is 10.0 Å². The van der Waals surface area contributed by atoms with E-state index >= 15 is 0 Å². The maximum absolute atomic E-state index is 12.8. The van der Waals surface area contributed by atoms with E-state index in [4.69, 9.17) is 0 Å². The second-order valence-corrected chi connectivity index (χ2v) is 6.63. The normalized spacial score (nSPS) is 12.7. The van der Waals surface area contributed by atoms with Crippen LogP contribution in [-0.2, 0) is 10.0 Å². The fourth-order valence-corrected chi connectivity index (χ4v) is 2.77. The lowest BCUT2D eigenvalue weighted by Crippen LogP contribution is -2.15. The van der Waals surface area contributed by atoms with Crippen LogP contribution in [0.15, 0.2) is 47.5 Å². The molecule has 7 heteroatoms. The van der Waals surface area contributed by atoms with Crippen molar-refractivity contribution >= 4 is 21.5 Å². The number of pyridine rings is 1. The number of nitrogens with zero attached hydrogens (tertiary/aromatic N) is 1. The van der Waals surface area contributed by atoms with E-state index in [9.17, 15) is 12.8 Å². The number of aromatic nitrogens is 1. The van der Waals surface area contributed by atoms with Crippen molar-refractivity contribution in [3.8, 4) is 0 Å². The average molecular weight is 323 g/mol. The summed E-state index contributed by atoms with van der Waals surface area (Å²) in [5.74, 6) is 0.195. The van der Waals surface area contributed by atoms with E-state index in [0.717, 1.165) is 18.6 Å². The second kappa shape index (κ2) is 6.74. The lowest BCUT2D eigenvalue weighted by molar-refractivity contribution is 0.599. The Labute approximate surface area is 129 Å². The van der Waals surface area contributed by atoms with E-state index in [1.165, 1.54) is 18.3 Å². The molecule has 5 nitrogen and oxygen atoms in total. The van der Waals surface area contributed by atoms with Gasteiger partial charge >= 0.3 is 0 Å². The van der Waals surface area contributed by atoms with Gasteiger partial charge < -0.3 is 5.32 Å². The molecule has 0 spiro atoms. The predicted molar refractivity (Wildman–Crippen MR) is 84.8 cm³/mol. The number of benzene rings is 1. The zero-order valence-corrected chi connectivity index (χ0v) is 13.2. The van der Waals surface area contributed by atoms with Gasteiger partial charge in [0.2, 0.25) is 0 Å². The highest BCUT2D eigenvalue weighted by molar-refractivity contribution is 7.92. The molecule has 0 fully saturated rings. The average Bonchev–Trinajstić information content (AvgIpc) is 2.49. The van der Waals surface area contributed by atoms with Gasteiger partial charge in [0.05, 0.1) is 16.8 Å². The Morgan fingerprint density at radius 1 is 1.18 bits per heavy atom. The van der Waals surface area contributed by atoms with Gasteiger partial charge in [-0.25, -0.2) is 17.8 Å². The van der Waals surface area contributed by atoms with Crippen LogP contribution in [0.1, 0.15) is 20.3 Å². The van der Waals surface area contributed by atoms with Crippen LogP contribution in [0.25, 0.3) is 0 Å². The molecule has 1 atom stereocenters. The van der Waals surface area contributed by atoms with Gasteiger partial charge in [-0.2, -0.15) is 0 Å². The summed E-state index contributed by atoms with van der Waals surface area (Å²) in [5, 5.41) is 3.19. The quantitative estimate of drug-likeness (QED) is 0.856. The first-order valence-electron chi connectivity index (χ1n) is 6.91. The van der Waals surface area contributed by atoms with Crippen LogP contribution in [0.5, 0.6) is 0 Å². The van der Waals surface area contributed by atoms with Crippen LogP contribution < -0.4 is 10.0 Å². The number of nitrogens with one attached hydrogen (secondary N) is 2. The third-order valence-electron chi connectivity index (χ3n) is 3.15. The zero-order valence-electron chi connectivity index (χ0n) is 12.4. The molecule has 1 aromatic heterocycles. The molecule has 0 aliphatic rings. The first-order valence-corrected chi connectivity index (χ1v) is 8.40. The Morgan fingerprint density at radius 3 is 2.41 bits per heavy atom. The maximum Gasteiger partial charge on any atom is 0.261 e. The van der Waals surface area contributed by atoms with Gasteiger partial charge in [-0.1, -0.05) is 6.92 Å². The highest BCUT2D eigenvalue weighted by atomic mass is 32.2. The number of sulfonamides is 1. The third kappa shape index (κ3) is 4.17. The van der Waals surface area contributed by atoms with Gasteiger partial charge in [-0.05, 0) is 49.7 Å². The lowest BCUT2D eigenvalue weighted by Gasteiger charge is -2.13. The molecule has 1 heterocycles. The molecule has 22 heavy (non-hydrogen) atoms. The molecule has 118 valence electrons. The summed E-state index contributed by atoms with van der Waals surface area (Å²) >= 11 is 0. The molecule has 2 aromatic rings. The summed E-state index contributed by atoms with van der Waals surface area (Å²) in [6, 6.07) is 8.24. The highest BCUT2D eigenvalue weighted by Crippen LogP contribution is 2.17. The van der Waals surface area contributed by atoms with Crippen molar-refractivity contribution in [3.05, 3.63) is 48.4 Å². The lowest BCUT2D eigenvalue weighted by atomic mass is 10.2. The molecule has 0 amide bonds. The Hall–Kier alpha value is -2.15. The topological polar surface area (TPSA) is 71.1 Å². The van der Waals surface area contributed by atoms with Crippen LogP contribution in [0.4, 0.5) is 15.9 Å². The molecular formula is C15H18FN3O2S. The fraction of sp³-hybridized carbons (Fsp3) is 0.267. The number of hydrogen-bond donors (Lipinski definition) is 2. The first-order chi connectivity index (χ1) is 10.4. The Bertz CT molecular complexity index is 715. The van der Waals surface area contributed by atoms with Crippen molar-refractivity contribution in [3.63, 3.8) is 0 Å². The van der Waals surface area contributed by atoms with Crippen molar-refractivity contribution in [1.82, 2.24) is 4.98 Å². The Morgan fingerprint density at radius 2 is 1.86 bits per heavy atom. The maximum atomic E-state index is 12.8. The molecule has 0 radical (unpaired) electrons. The molecule has 1 unspecified atom stereocenters. The van der Waals surface area contributed by atoms with E-state index in [-0.39, 0.29) is 10.9 Å². The van der Waals surface area contributed by atoms with Crippen molar-refractivity contribution in [2.24, 2.45) is 0 Å². The van der Waals surface area contributed by atoms with Gasteiger partial charge in [0.1, 0.15) is 11.6 Å². The van der Waals surface area contributed by atoms with E-state index in [1.807, 2.05) is 6.92 Å². The van der Waals surface area contributed by atoms with Crippen LogP contribution in [-0.4, -0.2) is 19.4 Å². The molecule has 0 bridgehead atoms. The van der Waals surface area contributed by atoms with E-state index in [0.29, 0.717) is 11.5 Å². The molecule has 0 aliphatic carbocycles. The minimum Gasteiger partial charge on any atom is -0.368 e. The summed E-state index contributed by atoms with van der Waals surface area (Å²) in [4.78, 5) is 4.16. The summed E-state index contributed by atoms with van der Waals surface area (Å²) in [6.07, 6.45) is 2.40. The molecular weight excluding hydrogens is 305 g/mol. The molecule has 0 saturated carbocycles. The SMILES string of the molecule is CCC(C)Nc1ccc(NS(=O)(=O)c2ccc(F)cc2)cn1. The predicted octanol–water partition coefficient (Wildman–Crippen LogP) is 3.23. The smallest absolute Gasteiger partial charge is 0.261 e. The molecule has 0 aliphatic heterocycles. The Balaban J connectivity index is 2.11. The van der Waals surface area contributed by atoms with Gasteiger partial charge in [0.15, 0.2) is 0 Å². The van der Waals surface area contributed by atoms with Crippen molar-refractivity contribution in [1.29, 1.82) is 0 Å². The summed E-state index contributed by atoms with van der Waals surface area (Å²) < 4.78 is 39.5.